The van der Waals surface area contributed by atoms with Crippen molar-refractivity contribution >= 4 is 23.0 Å². The highest BCUT2D eigenvalue weighted by molar-refractivity contribution is 7.12. The van der Waals surface area contributed by atoms with Crippen LogP contribution in [0.4, 0.5) is 0 Å². The van der Waals surface area contributed by atoms with E-state index < -0.39 is 17.7 Å². The number of nitrogens with zero attached hydrogens (tertiary/aromatic N) is 1. The number of ketones is 1. The van der Waals surface area contributed by atoms with Crippen molar-refractivity contribution in [1.29, 1.82) is 0 Å². The number of methoxy groups -OCH3 is 1. The number of ether oxygens (including phenoxy) is 2. The zero-order valence-corrected chi connectivity index (χ0v) is 21.7. The van der Waals surface area contributed by atoms with Crippen LogP contribution in [0.5, 0.6) is 11.5 Å². The molecule has 1 aliphatic rings. The number of benzene rings is 3. The van der Waals surface area contributed by atoms with Crippen LogP contribution in [-0.4, -0.2) is 35.4 Å². The second-order valence-electron chi connectivity index (χ2n) is 8.89. The lowest BCUT2D eigenvalue weighted by molar-refractivity contribution is -0.129. The van der Waals surface area contributed by atoms with Gasteiger partial charge in [0.15, 0.2) is 17.3 Å². The molecule has 2 heterocycles. The lowest BCUT2D eigenvalue weighted by Gasteiger charge is -2.27. The predicted molar refractivity (Wildman–Crippen MR) is 147 cm³/mol. The molecule has 1 aromatic heterocycles. The minimum atomic E-state index is -0.766. The molecular weight excluding hydrogens is 498 g/mol. The number of carbonyl (C=O) groups is 2. The Morgan fingerprint density at radius 1 is 0.921 bits per heavy atom. The fraction of sp³-hybridized carbons (Fsp3) is 0.161. The van der Waals surface area contributed by atoms with Crippen LogP contribution in [0.15, 0.2) is 108 Å². The Kier molecular flexibility index (Phi) is 7.56. The standard InChI is InChI=1S/C31H27NO5S/c1-36-25-19-23(14-15-24(25)37-20-22-11-6-3-7-12-22)28-27(29(33)26-13-8-18-38-26)30(34)31(35)32(28)17-16-21-9-4-2-5-10-21/h2-15,18-19,28,34H,16-17,20H2,1H3. The maximum atomic E-state index is 13.5. The molecule has 192 valence electrons. The summed E-state index contributed by atoms with van der Waals surface area (Å²) in [6.45, 7) is 0.692. The van der Waals surface area contributed by atoms with Gasteiger partial charge < -0.3 is 19.5 Å². The Morgan fingerprint density at radius 2 is 1.63 bits per heavy atom. The average molecular weight is 526 g/mol. The fourth-order valence-electron chi connectivity index (χ4n) is 4.61. The second kappa shape index (κ2) is 11.4. The number of aliphatic hydroxyl groups excluding tert-OH is 1. The molecular formula is C31H27NO5S. The number of thiophene rings is 1. The Morgan fingerprint density at radius 3 is 2.29 bits per heavy atom. The molecule has 4 aromatic rings. The number of Topliss-reactive ketones (excluding diaryl/α,β-unsaturated/α-hetero) is 1. The maximum absolute atomic E-state index is 13.5. The molecule has 7 heteroatoms. The molecule has 0 fully saturated rings. The lowest BCUT2D eigenvalue weighted by atomic mass is 9.95. The Balaban J connectivity index is 1.48. The Hall–Kier alpha value is -4.36. The summed E-state index contributed by atoms with van der Waals surface area (Å²) < 4.78 is 11.6. The third-order valence-electron chi connectivity index (χ3n) is 6.52. The van der Waals surface area contributed by atoms with Gasteiger partial charge in [-0.2, -0.15) is 0 Å². The highest BCUT2D eigenvalue weighted by atomic mass is 32.1. The van der Waals surface area contributed by atoms with Crippen LogP contribution in [-0.2, 0) is 17.8 Å². The summed E-state index contributed by atoms with van der Waals surface area (Å²) in [6.07, 6.45) is 0.576. The van der Waals surface area contributed by atoms with Crippen molar-refractivity contribution in [2.45, 2.75) is 19.1 Å². The topological polar surface area (TPSA) is 76.1 Å². The average Bonchev–Trinajstić information content (AvgIpc) is 3.59. The molecule has 1 unspecified atom stereocenters. The summed E-state index contributed by atoms with van der Waals surface area (Å²) in [4.78, 5) is 28.8. The minimum Gasteiger partial charge on any atom is -0.503 e. The number of hydrogen-bond donors (Lipinski definition) is 1. The first-order chi connectivity index (χ1) is 18.6. The molecule has 0 spiro atoms. The predicted octanol–water partition coefficient (Wildman–Crippen LogP) is 6.16. The van der Waals surface area contributed by atoms with E-state index in [-0.39, 0.29) is 11.4 Å². The van der Waals surface area contributed by atoms with E-state index in [4.69, 9.17) is 9.47 Å². The summed E-state index contributed by atoms with van der Waals surface area (Å²) in [7, 11) is 1.55. The van der Waals surface area contributed by atoms with Gasteiger partial charge in [-0.25, -0.2) is 0 Å². The summed E-state index contributed by atoms with van der Waals surface area (Å²) >= 11 is 1.28. The summed E-state index contributed by atoms with van der Waals surface area (Å²) in [5.41, 5.74) is 2.80. The zero-order valence-electron chi connectivity index (χ0n) is 20.9. The smallest absolute Gasteiger partial charge is 0.290 e. The first kappa shape index (κ1) is 25.3. The number of hydrogen-bond acceptors (Lipinski definition) is 6. The zero-order chi connectivity index (χ0) is 26.5. The first-order valence-corrected chi connectivity index (χ1v) is 13.2. The van der Waals surface area contributed by atoms with Gasteiger partial charge in [0.05, 0.1) is 23.6 Å². The van der Waals surface area contributed by atoms with Crippen LogP contribution < -0.4 is 9.47 Å². The number of aliphatic hydroxyl groups is 1. The minimum absolute atomic E-state index is 0.0746. The van der Waals surface area contributed by atoms with Crippen molar-refractivity contribution in [3.05, 3.63) is 129 Å². The highest BCUT2D eigenvalue weighted by Gasteiger charge is 2.44. The fourth-order valence-corrected chi connectivity index (χ4v) is 5.28. The van der Waals surface area contributed by atoms with E-state index >= 15 is 0 Å². The van der Waals surface area contributed by atoms with E-state index in [0.717, 1.165) is 11.1 Å². The molecule has 0 radical (unpaired) electrons. The van der Waals surface area contributed by atoms with Crippen LogP contribution >= 0.6 is 11.3 Å². The molecule has 5 rings (SSSR count). The van der Waals surface area contributed by atoms with E-state index in [1.807, 2.05) is 66.7 Å². The number of amides is 1. The molecule has 6 nitrogen and oxygen atoms in total. The molecule has 0 saturated carbocycles. The molecule has 1 aliphatic heterocycles. The molecule has 1 amide bonds. The largest absolute Gasteiger partial charge is 0.503 e. The molecule has 1 atom stereocenters. The lowest BCUT2D eigenvalue weighted by Crippen LogP contribution is -2.33. The van der Waals surface area contributed by atoms with Crippen molar-refractivity contribution in [3.8, 4) is 11.5 Å². The van der Waals surface area contributed by atoms with Gasteiger partial charge in [0.1, 0.15) is 6.61 Å². The first-order valence-electron chi connectivity index (χ1n) is 12.3. The molecule has 0 bridgehead atoms. The SMILES string of the molecule is COc1cc(C2C(C(=O)c3cccs3)=C(O)C(=O)N2CCc2ccccc2)ccc1OCc1ccccc1. The van der Waals surface area contributed by atoms with Crippen molar-refractivity contribution in [2.75, 3.05) is 13.7 Å². The van der Waals surface area contributed by atoms with Gasteiger partial charge in [-0.1, -0.05) is 72.8 Å². The third-order valence-corrected chi connectivity index (χ3v) is 7.39. The van der Waals surface area contributed by atoms with Gasteiger partial charge in [0.25, 0.3) is 5.91 Å². The molecule has 38 heavy (non-hydrogen) atoms. The maximum Gasteiger partial charge on any atom is 0.290 e. The highest BCUT2D eigenvalue weighted by Crippen LogP contribution is 2.42. The van der Waals surface area contributed by atoms with Crippen LogP contribution in [0.25, 0.3) is 0 Å². The van der Waals surface area contributed by atoms with Crippen molar-refractivity contribution in [2.24, 2.45) is 0 Å². The summed E-state index contributed by atoms with van der Waals surface area (Å²) in [6, 6.07) is 27.7. The molecule has 0 saturated heterocycles. The number of rotatable bonds is 10. The van der Waals surface area contributed by atoms with E-state index in [9.17, 15) is 14.7 Å². The van der Waals surface area contributed by atoms with Crippen LogP contribution in [0.2, 0.25) is 0 Å². The monoisotopic (exact) mass is 525 g/mol. The Bertz CT molecular complexity index is 1450. The normalized spacial score (nSPS) is 15.1. The van der Waals surface area contributed by atoms with Gasteiger partial charge in [0.2, 0.25) is 5.78 Å². The molecule has 3 aromatic carbocycles. The van der Waals surface area contributed by atoms with E-state index in [2.05, 4.69) is 0 Å². The summed E-state index contributed by atoms with van der Waals surface area (Å²) in [5, 5.41) is 12.7. The van der Waals surface area contributed by atoms with Crippen molar-refractivity contribution < 1.29 is 24.2 Å². The second-order valence-corrected chi connectivity index (χ2v) is 9.84. The van der Waals surface area contributed by atoms with Gasteiger partial charge in [-0.3, -0.25) is 9.59 Å². The van der Waals surface area contributed by atoms with E-state index in [1.165, 1.54) is 11.3 Å². The van der Waals surface area contributed by atoms with E-state index in [0.29, 0.717) is 41.5 Å². The van der Waals surface area contributed by atoms with Crippen LogP contribution in [0.1, 0.15) is 32.4 Å². The third kappa shape index (κ3) is 5.19. The quantitative estimate of drug-likeness (QED) is 0.251. The van der Waals surface area contributed by atoms with Gasteiger partial charge >= 0.3 is 0 Å². The van der Waals surface area contributed by atoms with Gasteiger partial charge in [0, 0.05) is 6.54 Å². The van der Waals surface area contributed by atoms with Crippen molar-refractivity contribution in [3.63, 3.8) is 0 Å². The van der Waals surface area contributed by atoms with Gasteiger partial charge in [-0.05, 0) is 46.7 Å². The number of carbonyl (C=O) groups excluding carboxylic acids is 2. The Labute approximate surface area is 225 Å². The van der Waals surface area contributed by atoms with Crippen LogP contribution in [0, 0.1) is 0 Å². The molecule has 0 aliphatic carbocycles. The van der Waals surface area contributed by atoms with Crippen LogP contribution in [0.3, 0.4) is 0 Å². The summed E-state index contributed by atoms with van der Waals surface area (Å²) in [5.74, 6) is -0.414. The van der Waals surface area contributed by atoms with Crippen molar-refractivity contribution in [1.82, 2.24) is 4.90 Å². The molecule has 1 N–H and O–H groups in total. The van der Waals surface area contributed by atoms with E-state index in [1.54, 1.807) is 41.7 Å². The van der Waals surface area contributed by atoms with Gasteiger partial charge in [-0.15, -0.1) is 11.3 Å².